The van der Waals surface area contributed by atoms with E-state index < -0.39 is 0 Å². The number of nitrogens with two attached hydrogens (primary N) is 1. The molecule has 0 atom stereocenters. The van der Waals surface area contributed by atoms with Crippen LogP contribution in [0.15, 0.2) is 27.1 Å². The molecule has 0 aliphatic rings. The van der Waals surface area contributed by atoms with Gasteiger partial charge in [0.05, 0.1) is 10.2 Å². The summed E-state index contributed by atoms with van der Waals surface area (Å²) in [4.78, 5) is 4.36. The Hall–Kier alpha value is -1.66. The van der Waals surface area contributed by atoms with Gasteiger partial charge >= 0.3 is 0 Å². The normalized spacial score (nSPS) is 11.4. The smallest absolute Gasteiger partial charge is 0.192 e. The summed E-state index contributed by atoms with van der Waals surface area (Å²) in [6.07, 6.45) is 0.787. The third-order valence-corrected chi connectivity index (χ3v) is 4.08. The molecule has 3 rings (SSSR count). The van der Waals surface area contributed by atoms with E-state index in [9.17, 15) is 0 Å². The molecule has 6 heteroatoms. The average Bonchev–Trinajstić information content (AvgIpc) is 2.91. The largest absolute Gasteiger partial charge is 0.441 e. The van der Waals surface area contributed by atoms with Crippen LogP contribution in [-0.2, 0) is 13.5 Å². The van der Waals surface area contributed by atoms with Crippen molar-refractivity contribution >= 4 is 27.0 Å². The van der Waals surface area contributed by atoms with Crippen LogP contribution in [0.3, 0.4) is 0 Å². The molecule has 5 nitrogen and oxygen atoms in total. The van der Waals surface area contributed by atoms with Crippen LogP contribution in [0.2, 0.25) is 0 Å². The summed E-state index contributed by atoms with van der Waals surface area (Å²) in [6.45, 7) is 2.44. The number of nitrogens with zero attached hydrogens (tertiary/aromatic N) is 3. The minimum absolute atomic E-state index is 0.596. The highest BCUT2D eigenvalue weighted by Crippen LogP contribution is 2.32. The topological polar surface area (TPSA) is 69.9 Å². The van der Waals surface area contributed by atoms with Crippen LogP contribution >= 0.6 is 15.9 Å². The van der Waals surface area contributed by atoms with Crippen LogP contribution < -0.4 is 5.73 Å². The van der Waals surface area contributed by atoms with Gasteiger partial charge in [0.1, 0.15) is 11.2 Å². The zero-order valence-electron chi connectivity index (χ0n) is 11.4. The van der Waals surface area contributed by atoms with Crippen LogP contribution in [0.4, 0.5) is 0 Å². The Morgan fingerprint density at radius 1 is 1.40 bits per heavy atom. The van der Waals surface area contributed by atoms with Gasteiger partial charge in [-0.05, 0) is 40.7 Å². The third kappa shape index (κ3) is 2.14. The van der Waals surface area contributed by atoms with E-state index in [2.05, 4.69) is 26.0 Å². The number of benzene rings is 1. The monoisotopic (exact) mass is 334 g/mol. The lowest BCUT2D eigenvalue weighted by molar-refractivity contribution is 0.561. The third-order valence-electron chi connectivity index (χ3n) is 3.25. The van der Waals surface area contributed by atoms with E-state index in [1.807, 2.05) is 36.9 Å². The van der Waals surface area contributed by atoms with E-state index in [0.717, 1.165) is 38.9 Å². The summed E-state index contributed by atoms with van der Waals surface area (Å²) in [5, 5.41) is 4.57. The average molecular weight is 335 g/mol. The summed E-state index contributed by atoms with van der Waals surface area (Å²) >= 11 is 3.63. The Balaban J connectivity index is 2.12. The molecule has 0 saturated heterocycles. The molecule has 0 saturated carbocycles. The van der Waals surface area contributed by atoms with Gasteiger partial charge < -0.3 is 10.2 Å². The number of hydrogen-bond donors (Lipinski definition) is 1. The van der Waals surface area contributed by atoms with Crippen LogP contribution in [0, 0.1) is 6.92 Å². The molecule has 2 heterocycles. The molecule has 3 aromatic rings. The van der Waals surface area contributed by atoms with Gasteiger partial charge in [-0.2, -0.15) is 5.10 Å². The Labute approximate surface area is 124 Å². The molecule has 2 N–H and O–H groups in total. The van der Waals surface area contributed by atoms with E-state index >= 15 is 0 Å². The molecular formula is C14H15BrN4O. The summed E-state index contributed by atoms with van der Waals surface area (Å²) in [7, 11) is 1.93. The fourth-order valence-corrected chi connectivity index (χ4v) is 3.08. The van der Waals surface area contributed by atoms with Crippen LogP contribution in [0.5, 0.6) is 0 Å². The molecule has 1 aromatic carbocycles. The van der Waals surface area contributed by atoms with Crippen molar-refractivity contribution in [3.8, 4) is 11.3 Å². The van der Waals surface area contributed by atoms with E-state index in [4.69, 9.17) is 10.2 Å². The second-order valence-corrected chi connectivity index (χ2v) is 5.48. The predicted molar refractivity (Wildman–Crippen MR) is 81.4 cm³/mol. The van der Waals surface area contributed by atoms with Crippen LogP contribution in [-0.4, -0.2) is 21.3 Å². The minimum Gasteiger partial charge on any atom is -0.441 e. The van der Waals surface area contributed by atoms with Gasteiger partial charge in [0.25, 0.3) is 0 Å². The molecule has 0 radical (unpaired) electrons. The summed E-state index contributed by atoms with van der Waals surface area (Å²) in [5.74, 6) is 0.668. The number of oxazole rings is 1. The Kier molecular flexibility index (Phi) is 3.35. The lowest BCUT2D eigenvalue weighted by Crippen LogP contribution is -2.07. The van der Waals surface area contributed by atoms with E-state index in [-0.39, 0.29) is 0 Å². The first-order chi connectivity index (χ1) is 9.60. The Morgan fingerprint density at radius 2 is 2.20 bits per heavy atom. The van der Waals surface area contributed by atoms with Gasteiger partial charge in [-0.3, -0.25) is 4.68 Å². The molecule has 0 spiro atoms. The SMILES string of the molecule is Cc1nc2cc(-c3nn(C)c(CCN)c3Br)ccc2o1. The highest BCUT2D eigenvalue weighted by molar-refractivity contribution is 9.10. The number of hydrogen-bond acceptors (Lipinski definition) is 4. The van der Waals surface area contributed by atoms with Crippen molar-refractivity contribution in [1.82, 2.24) is 14.8 Å². The Bertz CT molecular complexity index is 775. The van der Waals surface area contributed by atoms with Gasteiger partial charge in [0, 0.05) is 26.0 Å². The number of halogens is 1. The van der Waals surface area contributed by atoms with Crippen molar-refractivity contribution in [2.24, 2.45) is 12.8 Å². The van der Waals surface area contributed by atoms with E-state index in [1.165, 1.54) is 0 Å². The van der Waals surface area contributed by atoms with Crippen molar-refractivity contribution in [3.05, 3.63) is 34.3 Å². The van der Waals surface area contributed by atoms with Gasteiger partial charge in [-0.25, -0.2) is 4.98 Å². The number of aryl methyl sites for hydroxylation is 2. The summed E-state index contributed by atoms with van der Waals surface area (Å²) in [6, 6.07) is 5.91. The van der Waals surface area contributed by atoms with Crippen LogP contribution in [0.25, 0.3) is 22.4 Å². The zero-order valence-corrected chi connectivity index (χ0v) is 12.9. The minimum atomic E-state index is 0.596. The number of rotatable bonds is 3. The number of fused-ring (bicyclic) bond motifs is 1. The maximum absolute atomic E-state index is 5.64. The second kappa shape index (κ2) is 5.03. The summed E-state index contributed by atoms with van der Waals surface area (Å²) in [5.41, 5.74) is 10.3. The lowest BCUT2D eigenvalue weighted by Gasteiger charge is -1.99. The molecular weight excluding hydrogens is 320 g/mol. The predicted octanol–water partition coefficient (Wildman–Crippen LogP) is 2.80. The first-order valence-electron chi connectivity index (χ1n) is 6.39. The van der Waals surface area contributed by atoms with E-state index in [1.54, 1.807) is 0 Å². The summed E-state index contributed by atoms with van der Waals surface area (Å²) < 4.78 is 8.35. The molecule has 20 heavy (non-hydrogen) atoms. The van der Waals surface area contributed by atoms with E-state index in [0.29, 0.717) is 12.4 Å². The zero-order chi connectivity index (χ0) is 14.3. The molecule has 0 unspecified atom stereocenters. The molecule has 0 aliphatic carbocycles. The lowest BCUT2D eigenvalue weighted by atomic mass is 10.1. The molecule has 0 amide bonds. The van der Waals surface area contributed by atoms with Crippen molar-refractivity contribution in [2.75, 3.05) is 6.54 Å². The maximum atomic E-state index is 5.64. The standard InChI is InChI=1S/C14H15BrN4O/c1-8-17-10-7-9(3-4-12(10)20-8)14-13(15)11(5-6-16)19(2)18-14/h3-4,7H,5-6,16H2,1-2H3. The fraction of sp³-hybridized carbons (Fsp3) is 0.286. The molecule has 2 aromatic heterocycles. The molecule has 0 bridgehead atoms. The van der Waals surface area contributed by atoms with Crippen molar-refractivity contribution < 1.29 is 4.42 Å². The van der Waals surface area contributed by atoms with Crippen LogP contribution in [0.1, 0.15) is 11.6 Å². The first-order valence-corrected chi connectivity index (χ1v) is 7.18. The highest BCUT2D eigenvalue weighted by Gasteiger charge is 2.15. The first kappa shape index (κ1) is 13.3. The van der Waals surface area contributed by atoms with Crippen molar-refractivity contribution in [1.29, 1.82) is 0 Å². The maximum Gasteiger partial charge on any atom is 0.192 e. The van der Waals surface area contributed by atoms with Crippen molar-refractivity contribution in [2.45, 2.75) is 13.3 Å². The van der Waals surface area contributed by atoms with Gasteiger partial charge in [0.15, 0.2) is 11.5 Å². The molecule has 0 aliphatic heterocycles. The highest BCUT2D eigenvalue weighted by atomic mass is 79.9. The van der Waals surface area contributed by atoms with Gasteiger partial charge in [0.2, 0.25) is 0 Å². The number of aromatic nitrogens is 3. The van der Waals surface area contributed by atoms with Crippen molar-refractivity contribution in [3.63, 3.8) is 0 Å². The fourth-order valence-electron chi connectivity index (χ4n) is 2.32. The molecule has 0 fully saturated rings. The Morgan fingerprint density at radius 3 is 2.95 bits per heavy atom. The molecule has 104 valence electrons. The second-order valence-electron chi connectivity index (χ2n) is 4.69. The van der Waals surface area contributed by atoms with Gasteiger partial charge in [-0.1, -0.05) is 0 Å². The van der Waals surface area contributed by atoms with Gasteiger partial charge in [-0.15, -0.1) is 0 Å². The quantitative estimate of drug-likeness (QED) is 0.799.